The van der Waals surface area contributed by atoms with Crippen molar-refractivity contribution in [3.8, 4) is 0 Å². The first kappa shape index (κ1) is 26.1. The number of anilines is 1. The van der Waals surface area contributed by atoms with Crippen LogP contribution < -0.4 is 10.0 Å². The molecular weight excluding hydrogens is 520 g/mol. The van der Waals surface area contributed by atoms with Crippen LogP contribution in [0.25, 0.3) is 5.76 Å². The molecule has 4 aliphatic rings. The molecule has 0 amide bonds. The highest BCUT2D eigenvalue weighted by Gasteiger charge is 2.47. The maximum atomic E-state index is 14.1. The van der Waals surface area contributed by atoms with Gasteiger partial charge in [0.2, 0.25) is 5.69 Å². The maximum Gasteiger partial charge on any atom is 0.209 e. The third kappa shape index (κ3) is 3.28. The zero-order valence-electron chi connectivity index (χ0n) is 24.7. The van der Waals surface area contributed by atoms with Crippen LogP contribution >= 0.6 is 0 Å². The van der Waals surface area contributed by atoms with Crippen molar-refractivity contribution in [2.75, 3.05) is 19.0 Å². The van der Waals surface area contributed by atoms with E-state index in [0.29, 0.717) is 27.8 Å². The van der Waals surface area contributed by atoms with Gasteiger partial charge >= 0.3 is 0 Å². The van der Waals surface area contributed by atoms with Crippen molar-refractivity contribution in [2.24, 2.45) is 0 Å². The van der Waals surface area contributed by atoms with E-state index in [4.69, 9.17) is 0 Å². The smallest absolute Gasteiger partial charge is 0.209 e. The number of hydrogen-bond acceptors (Lipinski definition) is 4. The Morgan fingerprint density at radius 1 is 0.738 bits per heavy atom. The first-order valence-corrected chi connectivity index (χ1v) is 14.3. The lowest BCUT2D eigenvalue weighted by Crippen LogP contribution is -2.32. The number of carbonyl (C=O) groups excluding carboxylic acids is 2. The summed E-state index contributed by atoms with van der Waals surface area (Å²) in [6.07, 6.45) is 3.79. The fourth-order valence-corrected chi connectivity index (χ4v) is 7.27. The van der Waals surface area contributed by atoms with E-state index in [-0.39, 0.29) is 33.7 Å². The molecule has 0 bridgehead atoms. The van der Waals surface area contributed by atoms with E-state index in [0.717, 1.165) is 22.8 Å². The quantitative estimate of drug-likeness (QED) is 0.305. The van der Waals surface area contributed by atoms with Gasteiger partial charge in [-0.15, -0.1) is 0 Å². The third-order valence-corrected chi connectivity index (χ3v) is 9.59. The van der Waals surface area contributed by atoms with E-state index in [1.165, 1.54) is 11.1 Å². The standard InChI is InChI=1S/C37H32N2O3/c1-36(2)25-15-9-11-17-27(25)38(5)29(36)19-23-31(32-34(41)21-13-7-8-14-22(21)35(32)42)24(33(23)40)20-30-37(3,4)26-16-10-12-18-28(26)39(30)6/h7-20H,1-6H3. The van der Waals surface area contributed by atoms with Gasteiger partial charge in [0.15, 0.2) is 17.3 Å². The van der Waals surface area contributed by atoms with Crippen molar-refractivity contribution >= 4 is 34.4 Å². The van der Waals surface area contributed by atoms with Crippen LogP contribution in [0.15, 0.2) is 113 Å². The Morgan fingerprint density at radius 3 is 2.02 bits per heavy atom. The molecule has 5 nitrogen and oxygen atoms in total. The Balaban J connectivity index is 1.45. The van der Waals surface area contributed by atoms with Gasteiger partial charge in [-0.3, -0.25) is 9.59 Å². The molecule has 0 N–H and O–H groups in total. The predicted octanol–water partition coefficient (Wildman–Crippen LogP) is 5.78. The minimum absolute atomic E-state index is 0.0847. The van der Waals surface area contributed by atoms with Crippen LogP contribution in [-0.4, -0.2) is 35.9 Å². The Bertz CT molecular complexity index is 1940. The molecule has 2 heterocycles. The molecular formula is C37H32N2O3. The fraction of sp³-hybridized carbons (Fsp3) is 0.216. The number of hydrogen-bond donors (Lipinski definition) is 0. The summed E-state index contributed by atoms with van der Waals surface area (Å²) in [6.45, 7) is 8.55. The van der Waals surface area contributed by atoms with Gasteiger partial charge in [-0.1, -0.05) is 80.3 Å². The van der Waals surface area contributed by atoms with E-state index < -0.39 is 0 Å². The average molecular weight is 553 g/mol. The van der Waals surface area contributed by atoms with Crippen LogP contribution in [0, 0.1) is 0 Å². The number of rotatable bonds is 3. The molecule has 7 rings (SSSR count). The summed E-state index contributed by atoms with van der Waals surface area (Å²) in [5, 5.41) is 13.8. The summed E-state index contributed by atoms with van der Waals surface area (Å²) in [5.74, 6) is -0.807. The van der Waals surface area contributed by atoms with Crippen molar-refractivity contribution in [2.45, 2.75) is 38.5 Å². The Morgan fingerprint density at radius 2 is 1.36 bits per heavy atom. The second-order valence-electron chi connectivity index (χ2n) is 12.6. The van der Waals surface area contributed by atoms with E-state index in [1.54, 1.807) is 24.3 Å². The number of para-hydroxylation sites is 2. The summed E-state index contributed by atoms with van der Waals surface area (Å²) >= 11 is 0. The van der Waals surface area contributed by atoms with Crippen molar-refractivity contribution in [3.63, 3.8) is 0 Å². The molecule has 2 aliphatic carbocycles. The normalized spacial score (nSPS) is 21.9. The molecule has 0 atom stereocenters. The summed E-state index contributed by atoms with van der Waals surface area (Å²) in [7, 11) is 4.00. The second-order valence-corrected chi connectivity index (χ2v) is 12.6. The van der Waals surface area contributed by atoms with Gasteiger partial charge in [-0.25, -0.2) is 0 Å². The predicted molar refractivity (Wildman–Crippen MR) is 164 cm³/mol. The molecule has 0 saturated carbocycles. The summed E-state index contributed by atoms with van der Waals surface area (Å²) in [5.41, 5.74) is 7.76. The van der Waals surface area contributed by atoms with Crippen LogP contribution in [-0.2, 0) is 15.6 Å². The monoisotopic (exact) mass is 552 g/mol. The highest BCUT2D eigenvalue weighted by Crippen LogP contribution is 2.50. The van der Waals surface area contributed by atoms with E-state index >= 15 is 0 Å². The topological polar surface area (TPSA) is 63.4 Å². The molecule has 0 saturated heterocycles. The molecule has 0 spiro atoms. The van der Waals surface area contributed by atoms with Crippen molar-refractivity contribution in [1.82, 2.24) is 0 Å². The Hall–Kier alpha value is -4.77. The number of benzene rings is 3. The molecule has 5 heteroatoms. The third-order valence-electron chi connectivity index (χ3n) is 9.59. The van der Waals surface area contributed by atoms with E-state index in [9.17, 15) is 14.7 Å². The lowest BCUT2D eigenvalue weighted by molar-refractivity contribution is -0.401. The van der Waals surface area contributed by atoms with Crippen LogP contribution in [0.1, 0.15) is 54.7 Å². The van der Waals surface area contributed by atoms with Gasteiger partial charge in [0.05, 0.1) is 5.41 Å². The van der Waals surface area contributed by atoms with Gasteiger partial charge < -0.3 is 10.0 Å². The molecule has 0 unspecified atom stereocenters. The highest BCUT2D eigenvalue weighted by atomic mass is 16.3. The van der Waals surface area contributed by atoms with Gasteiger partial charge in [-0.05, 0) is 37.1 Å². The van der Waals surface area contributed by atoms with Gasteiger partial charge in [0.1, 0.15) is 7.05 Å². The summed E-state index contributed by atoms with van der Waals surface area (Å²) in [4.78, 5) is 30.0. The molecule has 3 aromatic carbocycles. The Kier molecular flexibility index (Phi) is 5.37. The summed E-state index contributed by atoms with van der Waals surface area (Å²) < 4.78 is 2.10. The lowest BCUT2D eigenvalue weighted by Gasteiger charge is -2.30. The molecule has 3 aromatic rings. The largest absolute Gasteiger partial charge is 0.872 e. The van der Waals surface area contributed by atoms with E-state index in [2.05, 4.69) is 61.4 Å². The van der Waals surface area contributed by atoms with Gasteiger partial charge in [-0.2, -0.15) is 4.58 Å². The minimum Gasteiger partial charge on any atom is -0.872 e. The number of ketones is 2. The van der Waals surface area contributed by atoms with Crippen LogP contribution in [0.5, 0.6) is 0 Å². The zero-order valence-corrected chi connectivity index (χ0v) is 24.7. The molecule has 0 fully saturated rings. The zero-order chi connectivity index (χ0) is 29.7. The molecule has 208 valence electrons. The fourth-order valence-electron chi connectivity index (χ4n) is 7.27. The number of likely N-dealkylation sites (N-methyl/N-ethyl adjacent to an activating group) is 1. The van der Waals surface area contributed by atoms with Crippen LogP contribution in [0.2, 0.25) is 0 Å². The number of fused-ring (bicyclic) bond motifs is 3. The summed E-state index contributed by atoms with van der Waals surface area (Å²) in [6, 6.07) is 23.3. The van der Waals surface area contributed by atoms with Gasteiger partial charge in [0.25, 0.3) is 0 Å². The van der Waals surface area contributed by atoms with Crippen LogP contribution in [0.3, 0.4) is 0 Å². The molecule has 0 aromatic heterocycles. The second kappa shape index (κ2) is 8.62. The van der Waals surface area contributed by atoms with Crippen molar-refractivity contribution in [3.05, 3.63) is 135 Å². The highest BCUT2D eigenvalue weighted by molar-refractivity contribution is 6.33. The Labute approximate surface area is 246 Å². The van der Waals surface area contributed by atoms with Crippen molar-refractivity contribution < 1.29 is 19.3 Å². The first-order chi connectivity index (χ1) is 20.0. The first-order valence-electron chi connectivity index (χ1n) is 14.3. The average Bonchev–Trinajstić information content (AvgIpc) is 3.43. The van der Waals surface area contributed by atoms with Crippen LogP contribution in [0.4, 0.5) is 11.4 Å². The van der Waals surface area contributed by atoms with E-state index in [1.807, 2.05) is 50.5 Å². The number of nitrogens with zero attached hydrogens (tertiary/aromatic N) is 2. The lowest BCUT2D eigenvalue weighted by atomic mass is 9.72. The maximum absolute atomic E-state index is 14.1. The molecule has 42 heavy (non-hydrogen) atoms. The number of allylic oxidation sites excluding steroid dienone is 7. The molecule has 0 radical (unpaired) electrons. The minimum atomic E-state index is -0.370. The SMILES string of the molecule is CN1C(=CC2=C(C3=C([O-])c4ccccc4C3=O)C(=CC3=[N+](C)c4ccccc4C3(C)C)C2=O)C(C)(C)c2ccccc21. The van der Waals surface area contributed by atoms with Crippen molar-refractivity contribution in [1.29, 1.82) is 0 Å². The molecule has 2 aliphatic heterocycles. The number of carbonyl (C=O) groups is 2. The van der Waals surface area contributed by atoms with Gasteiger partial charge in [0, 0.05) is 69.4 Å². The number of Topliss-reactive ketones (excluding diaryl/α,β-unsaturated/α-hetero) is 2.